The van der Waals surface area contributed by atoms with E-state index in [-0.39, 0.29) is 5.75 Å². The molecule has 2 N–H and O–H groups in total. The van der Waals surface area contributed by atoms with Gasteiger partial charge < -0.3 is 10.5 Å². The van der Waals surface area contributed by atoms with Gasteiger partial charge in [-0.15, -0.1) is 0 Å². The Morgan fingerprint density at radius 1 is 1.26 bits per heavy atom. The van der Waals surface area contributed by atoms with Crippen molar-refractivity contribution in [3.63, 3.8) is 0 Å². The normalized spacial score (nSPS) is 10.5. The molecule has 0 saturated carbocycles. The van der Waals surface area contributed by atoms with Crippen LogP contribution in [0.15, 0.2) is 30.5 Å². The highest BCUT2D eigenvalue weighted by molar-refractivity contribution is 5.34. The summed E-state index contributed by atoms with van der Waals surface area (Å²) in [4.78, 5) is 4.12. The largest absolute Gasteiger partial charge is 0.436 e. The molecule has 0 aliphatic rings. The van der Waals surface area contributed by atoms with Crippen LogP contribution < -0.4 is 10.5 Å². The molecule has 1 heterocycles. The number of rotatable bonds is 4. The zero-order valence-corrected chi connectivity index (χ0v) is 10.5. The molecule has 0 radical (unpaired) electrons. The van der Waals surface area contributed by atoms with Gasteiger partial charge in [-0.25, -0.2) is 13.8 Å². The van der Waals surface area contributed by atoms with Crippen molar-refractivity contribution >= 4 is 0 Å². The van der Waals surface area contributed by atoms with Gasteiger partial charge in [0.15, 0.2) is 11.6 Å². The fourth-order valence-corrected chi connectivity index (χ4v) is 1.69. The molecule has 1 aromatic heterocycles. The summed E-state index contributed by atoms with van der Waals surface area (Å²) in [6, 6.07) is 5.03. The van der Waals surface area contributed by atoms with Crippen molar-refractivity contribution in [1.29, 1.82) is 0 Å². The van der Waals surface area contributed by atoms with Gasteiger partial charge >= 0.3 is 0 Å². The van der Waals surface area contributed by atoms with Gasteiger partial charge in [-0.2, -0.15) is 0 Å². The SMILES string of the molecule is Cc1cc(CCN)cnc1Oc1ccc(F)cc1F. The lowest BCUT2D eigenvalue weighted by atomic mass is 10.1. The van der Waals surface area contributed by atoms with E-state index in [1.807, 2.05) is 13.0 Å². The number of halogens is 2. The first-order valence-corrected chi connectivity index (χ1v) is 5.88. The Balaban J connectivity index is 2.23. The lowest BCUT2D eigenvalue weighted by Gasteiger charge is -2.09. The zero-order valence-electron chi connectivity index (χ0n) is 10.5. The Hall–Kier alpha value is -2.01. The van der Waals surface area contributed by atoms with Crippen LogP contribution in [0.4, 0.5) is 8.78 Å². The molecule has 2 aromatic rings. The first kappa shape index (κ1) is 13.4. The number of hydrogen-bond donors (Lipinski definition) is 1. The monoisotopic (exact) mass is 264 g/mol. The summed E-state index contributed by atoms with van der Waals surface area (Å²) in [5, 5.41) is 0. The molecule has 0 aliphatic carbocycles. The fraction of sp³-hybridized carbons (Fsp3) is 0.214. The second-order valence-corrected chi connectivity index (χ2v) is 4.18. The van der Waals surface area contributed by atoms with Crippen LogP contribution in [0.1, 0.15) is 11.1 Å². The van der Waals surface area contributed by atoms with E-state index in [0.717, 1.165) is 29.7 Å². The molecule has 100 valence electrons. The number of ether oxygens (including phenoxy) is 1. The van der Waals surface area contributed by atoms with Gasteiger partial charge in [-0.3, -0.25) is 0 Å². The zero-order chi connectivity index (χ0) is 13.8. The third kappa shape index (κ3) is 3.26. The molecule has 0 spiro atoms. The number of nitrogens with two attached hydrogens (primary N) is 1. The highest BCUT2D eigenvalue weighted by Gasteiger charge is 2.09. The maximum Gasteiger partial charge on any atom is 0.222 e. The van der Waals surface area contributed by atoms with E-state index in [4.69, 9.17) is 10.5 Å². The number of hydrogen-bond acceptors (Lipinski definition) is 3. The van der Waals surface area contributed by atoms with Crippen LogP contribution in [-0.4, -0.2) is 11.5 Å². The molecule has 0 amide bonds. The minimum atomic E-state index is -0.757. The van der Waals surface area contributed by atoms with Gasteiger partial charge in [0, 0.05) is 17.8 Å². The van der Waals surface area contributed by atoms with Crippen molar-refractivity contribution in [2.75, 3.05) is 6.54 Å². The van der Waals surface area contributed by atoms with E-state index < -0.39 is 11.6 Å². The first-order valence-electron chi connectivity index (χ1n) is 5.88. The van der Waals surface area contributed by atoms with E-state index in [2.05, 4.69) is 4.98 Å². The fourth-order valence-electron chi connectivity index (χ4n) is 1.69. The Kier molecular flexibility index (Phi) is 4.06. The maximum atomic E-state index is 13.5. The van der Waals surface area contributed by atoms with Crippen molar-refractivity contribution in [3.8, 4) is 11.6 Å². The predicted molar refractivity (Wildman–Crippen MR) is 68.2 cm³/mol. The smallest absolute Gasteiger partial charge is 0.222 e. The van der Waals surface area contributed by atoms with E-state index in [0.29, 0.717) is 12.4 Å². The molecule has 0 saturated heterocycles. The van der Waals surface area contributed by atoms with Crippen LogP contribution >= 0.6 is 0 Å². The molecule has 3 nitrogen and oxygen atoms in total. The van der Waals surface area contributed by atoms with Crippen LogP contribution in [0.5, 0.6) is 11.6 Å². The summed E-state index contributed by atoms with van der Waals surface area (Å²) in [5.74, 6) is -1.16. The summed E-state index contributed by atoms with van der Waals surface area (Å²) >= 11 is 0. The average molecular weight is 264 g/mol. The molecule has 0 atom stereocenters. The van der Waals surface area contributed by atoms with Gasteiger partial charge in [0.1, 0.15) is 5.82 Å². The Labute approximate surface area is 110 Å². The van der Waals surface area contributed by atoms with Crippen LogP contribution in [0.3, 0.4) is 0 Å². The Bertz CT molecular complexity index is 588. The number of nitrogens with zero attached hydrogens (tertiary/aromatic N) is 1. The quantitative estimate of drug-likeness (QED) is 0.923. The molecule has 0 aliphatic heterocycles. The van der Waals surface area contributed by atoms with Crippen LogP contribution in [-0.2, 0) is 6.42 Å². The molecule has 2 rings (SSSR count). The van der Waals surface area contributed by atoms with Crippen molar-refractivity contribution in [1.82, 2.24) is 4.98 Å². The predicted octanol–water partition coefficient (Wildman–Crippen LogP) is 2.96. The number of aryl methyl sites for hydroxylation is 1. The van der Waals surface area contributed by atoms with Crippen molar-refractivity contribution < 1.29 is 13.5 Å². The molecular weight excluding hydrogens is 250 g/mol. The summed E-state index contributed by atoms with van der Waals surface area (Å²) in [7, 11) is 0. The number of aromatic nitrogens is 1. The van der Waals surface area contributed by atoms with Gasteiger partial charge in [0.25, 0.3) is 0 Å². The highest BCUT2D eigenvalue weighted by atomic mass is 19.1. The molecule has 1 aromatic carbocycles. The number of benzene rings is 1. The van der Waals surface area contributed by atoms with Crippen molar-refractivity contribution in [2.45, 2.75) is 13.3 Å². The van der Waals surface area contributed by atoms with Crippen molar-refractivity contribution in [2.24, 2.45) is 5.73 Å². The third-order valence-electron chi connectivity index (χ3n) is 2.62. The van der Waals surface area contributed by atoms with Crippen LogP contribution in [0.2, 0.25) is 0 Å². The summed E-state index contributed by atoms with van der Waals surface area (Å²) < 4.78 is 31.6. The first-order chi connectivity index (χ1) is 9.10. The highest BCUT2D eigenvalue weighted by Crippen LogP contribution is 2.26. The van der Waals surface area contributed by atoms with Gasteiger partial charge in [0.05, 0.1) is 0 Å². The lowest BCUT2D eigenvalue weighted by Crippen LogP contribution is -2.04. The molecule has 19 heavy (non-hydrogen) atoms. The van der Waals surface area contributed by atoms with Gasteiger partial charge in [-0.05, 0) is 43.7 Å². The van der Waals surface area contributed by atoms with Gasteiger partial charge in [-0.1, -0.05) is 0 Å². The van der Waals surface area contributed by atoms with Crippen LogP contribution in [0.25, 0.3) is 0 Å². The van der Waals surface area contributed by atoms with E-state index >= 15 is 0 Å². The summed E-state index contributed by atoms with van der Waals surface area (Å²) in [6.07, 6.45) is 2.36. The Morgan fingerprint density at radius 2 is 2.05 bits per heavy atom. The maximum absolute atomic E-state index is 13.5. The molecule has 0 bridgehead atoms. The second kappa shape index (κ2) is 5.75. The minimum Gasteiger partial charge on any atom is -0.436 e. The standard InChI is InChI=1S/C14H14F2N2O/c1-9-6-10(4-5-17)8-18-14(9)19-13-3-2-11(15)7-12(13)16/h2-3,6-8H,4-5,17H2,1H3. The summed E-state index contributed by atoms with van der Waals surface area (Å²) in [6.45, 7) is 2.34. The van der Waals surface area contributed by atoms with E-state index in [1.54, 1.807) is 6.20 Å². The number of pyridine rings is 1. The van der Waals surface area contributed by atoms with Crippen LogP contribution in [0, 0.1) is 18.6 Å². The lowest BCUT2D eigenvalue weighted by molar-refractivity contribution is 0.420. The third-order valence-corrected chi connectivity index (χ3v) is 2.62. The van der Waals surface area contributed by atoms with E-state index in [1.165, 1.54) is 6.07 Å². The second-order valence-electron chi connectivity index (χ2n) is 4.18. The summed E-state index contributed by atoms with van der Waals surface area (Å²) in [5.41, 5.74) is 7.23. The minimum absolute atomic E-state index is 0.0522. The van der Waals surface area contributed by atoms with E-state index in [9.17, 15) is 8.78 Å². The molecule has 0 unspecified atom stereocenters. The average Bonchev–Trinajstić information content (AvgIpc) is 2.36. The molecule has 0 fully saturated rings. The molecular formula is C14H14F2N2O. The molecule has 5 heteroatoms. The van der Waals surface area contributed by atoms with Gasteiger partial charge in [0.2, 0.25) is 5.88 Å². The Morgan fingerprint density at radius 3 is 2.68 bits per heavy atom. The topological polar surface area (TPSA) is 48.1 Å². The van der Waals surface area contributed by atoms with Crippen molar-refractivity contribution in [3.05, 3.63) is 53.2 Å².